The topological polar surface area (TPSA) is 107 Å². The molecule has 0 fully saturated rings. The Bertz CT molecular complexity index is 360. The second-order valence-corrected chi connectivity index (χ2v) is 10.5. The monoisotopic (exact) mass is 620 g/mol. The van der Waals surface area contributed by atoms with Gasteiger partial charge in [-0.05, 0) is 41.5 Å². The second-order valence-electron chi connectivity index (χ2n) is 6.44. The van der Waals surface area contributed by atoms with Crippen LogP contribution in [0.4, 0.5) is 0 Å². The van der Waals surface area contributed by atoms with Crippen LogP contribution in [0, 0.1) is 0 Å². The molecule has 0 aromatic carbocycles. The van der Waals surface area contributed by atoms with Gasteiger partial charge in [0.15, 0.2) is 0 Å². The molecule has 0 heterocycles. The SMILES string of the molecule is CC[PH+](CC)CC.NC(=O)CCC(N)C(=O)NCCOCCCCCC[S-].[Au+]. The van der Waals surface area contributed by atoms with Crippen molar-refractivity contribution in [2.45, 2.75) is 65.3 Å². The van der Waals surface area contributed by atoms with Crippen LogP contribution in [-0.4, -0.2) is 61.9 Å². The van der Waals surface area contributed by atoms with Crippen LogP contribution in [-0.2, 0) is 49.3 Å². The number of nitrogens with two attached hydrogens (primary N) is 2. The van der Waals surface area contributed by atoms with Gasteiger partial charge in [0.2, 0.25) is 11.8 Å². The summed E-state index contributed by atoms with van der Waals surface area (Å²) < 4.78 is 5.39. The molecular formula is C19H42AuN3O3PS+. The molecule has 0 saturated carbocycles. The van der Waals surface area contributed by atoms with E-state index < -0.39 is 11.9 Å². The Morgan fingerprint density at radius 1 is 1.04 bits per heavy atom. The first-order valence-electron chi connectivity index (χ1n) is 10.2. The second kappa shape index (κ2) is 25.4. The van der Waals surface area contributed by atoms with Gasteiger partial charge >= 0.3 is 22.4 Å². The Balaban J connectivity index is -0.000000665. The Morgan fingerprint density at radius 2 is 1.61 bits per heavy atom. The molecule has 9 heteroatoms. The number of rotatable bonds is 16. The van der Waals surface area contributed by atoms with Crippen molar-refractivity contribution in [3.8, 4) is 0 Å². The zero-order valence-electron chi connectivity index (χ0n) is 17.9. The fraction of sp³-hybridized carbons (Fsp3) is 0.895. The van der Waals surface area contributed by atoms with Gasteiger partial charge in [-0.3, -0.25) is 9.59 Å². The van der Waals surface area contributed by atoms with E-state index in [0.717, 1.165) is 31.4 Å². The van der Waals surface area contributed by atoms with Gasteiger partial charge in [0.25, 0.3) is 0 Å². The molecule has 172 valence electrons. The molecule has 28 heavy (non-hydrogen) atoms. The van der Waals surface area contributed by atoms with Crippen LogP contribution in [0.5, 0.6) is 0 Å². The molecule has 0 spiro atoms. The van der Waals surface area contributed by atoms with E-state index in [9.17, 15) is 9.59 Å². The molecule has 0 aliphatic carbocycles. The van der Waals surface area contributed by atoms with E-state index >= 15 is 0 Å². The van der Waals surface area contributed by atoms with Crippen molar-refractivity contribution in [1.82, 2.24) is 5.32 Å². The molecule has 0 aromatic rings. The van der Waals surface area contributed by atoms with Crippen LogP contribution in [0.15, 0.2) is 0 Å². The van der Waals surface area contributed by atoms with Crippen molar-refractivity contribution in [3.63, 3.8) is 0 Å². The Morgan fingerprint density at radius 3 is 2.07 bits per heavy atom. The molecule has 0 saturated heterocycles. The van der Waals surface area contributed by atoms with Gasteiger partial charge in [0, 0.05) is 19.6 Å². The third-order valence-corrected chi connectivity index (χ3v) is 7.56. The van der Waals surface area contributed by atoms with Crippen LogP contribution < -0.4 is 16.8 Å². The minimum Gasteiger partial charge on any atom is -0.793 e. The number of carbonyl (C=O) groups is 2. The molecule has 0 radical (unpaired) electrons. The molecule has 1 unspecified atom stereocenters. The molecule has 0 rings (SSSR count). The van der Waals surface area contributed by atoms with E-state index in [2.05, 4.69) is 26.1 Å². The van der Waals surface area contributed by atoms with Crippen molar-refractivity contribution in [2.75, 3.05) is 44.0 Å². The first kappa shape index (κ1) is 33.0. The van der Waals surface area contributed by atoms with Gasteiger partial charge in [0.1, 0.15) is 0 Å². The van der Waals surface area contributed by atoms with E-state index in [0.29, 0.717) is 19.8 Å². The molecule has 0 aromatic heterocycles. The number of ether oxygens (including phenoxy) is 1. The first-order valence-corrected chi connectivity index (χ1v) is 12.9. The van der Waals surface area contributed by atoms with Gasteiger partial charge in [-0.25, -0.2) is 0 Å². The average Bonchev–Trinajstić information content (AvgIpc) is 2.66. The van der Waals surface area contributed by atoms with Crippen LogP contribution in [0.25, 0.3) is 0 Å². The summed E-state index contributed by atoms with van der Waals surface area (Å²) in [5.41, 5.74) is 10.6. The molecular weight excluding hydrogens is 578 g/mol. The molecule has 0 bridgehead atoms. The minimum atomic E-state index is -0.694. The molecule has 6 nitrogen and oxygen atoms in total. The van der Waals surface area contributed by atoms with E-state index in [-0.39, 0.29) is 49.1 Å². The Hall–Kier alpha value is 0.380. The van der Waals surface area contributed by atoms with Crippen molar-refractivity contribution < 1.29 is 36.7 Å². The van der Waals surface area contributed by atoms with Gasteiger partial charge in [-0.15, -0.1) is 0 Å². The maximum absolute atomic E-state index is 11.5. The molecule has 0 aliphatic rings. The maximum atomic E-state index is 11.5. The first-order chi connectivity index (χ1) is 12.9. The number of unbranched alkanes of at least 4 members (excludes halogenated alkanes) is 3. The Kier molecular flexibility index (Phi) is 30.0. The smallest absolute Gasteiger partial charge is 0.793 e. The third-order valence-electron chi connectivity index (χ3n) is 4.27. The van der Waals surface area contributed by atoms with Crippen molar-refractivity contribution in [3.05, 3.63) is 0 Å². The summed E-state index contributed by atoms with van der Waals surface area (Å²) in [5.74, 6) is 0.0935. The summed E-state index contributed by atoms with van der Waals surface area (Å²) in [6.45, 7) is 8.51. The summed E-state index contributed by atoms with van der Waals surface area (Å²) in [6, 6.07) is -0.694. The summed E-state index contributed by atoms with van der Waals surface area (Å²) in [4.78, 5) is 22.1. The minimum absolute atomic E-state index is 0. The van der Waals surface area contributed by atoms with Gasteiger partial charge < -0.3 is 34.1 Å². The van der Waals surface area contributed by atoms with Crippen LogP contribution >= 0.6 is 7.92 Å². The third kappa shape index (κ3) is 24.4. The van der Waals surface area contributed by atoms with E-state index in [1.807, 2.05) is 0 Å². The molecule has 5 N–H and O–H groups in total. The van der Waals surface area contributed by atoms with Gasteiger partial charge in [0.05, 0.1) is 31.1 Å². The Labute approximate surface area is 194 Å². The predicted molar refractivity (Wildman–Crippen MR) is 121 cm³/mol. The number of primary amides is 1. The standard InChI is InChI=1S/C13H27N3O3S.C6H15P.Au/c14-11(5-6-12(15)17)13(18)16-7-9-19-8-3-1-2-4-10-20;1-4-7(5-2)6-3;/h11,20H,1-10,14H2,(H2,15,17)(H,16,18);4-6H2,1-3H3;/q;;+1. The fourth-order valence-corrected chi connectivity index (χ4v) is 4.02. The van der Waals surface area contributed by atoms with E-state index in [1.165, 1.54) is 18.5 Å². The average molecular weight is 621 g/mol. The van der Waals surface area contributed by atoms with Crippen LogP contribution in [0.3, 0.4) is 0 Å². The predicted octanol–water partition coefficient (Wildman–Crippen LogP) is 2.08. The molecule has 2 amide bonds. The van der Waals surface area contributed by atoms with E-state index in [4.69, 9.17) is 28.8 Å². The van der Waals surface area contributed by atoms with Crippen LogP contribution in [0.2, 0.25) is 0 Å². The summed E-state index contributed by atoms with van der Waals surface area (Å²) in [6.07, 6.45) is 9.14. The van der Waals surface area contributed by atoms with Crippen molar-refractivity contribution in [1.29, 1.82) is 0 Å². The zero-order chi connectivity index (χ0) is 20.9. The van der Waals surface area contributed by atoms with E-state index in [1.54, 1.807) is 0 Å². The molecule has 0 aliphatic heterocycles. The van der Waals surface area contributed by atoms with Crippen LogP contribution in [0.1, 0.15) is 59.3 Å². The quantitative estimate of drug-likeness (QED) is 0.106. The summed E-state index contributed by atoms with van der Waals surface area (Å²) in [5, 5.41) is 2.66. The van der Waals surface area contributed by atoms with Gasteiger partial charge in [-0.2, -0.15) is 5.75 Å². The van der Waals surface area contributed by atoms with Crippen molar-refractivity contribution >= 4 is 32.4 Å². The maximum Gasteiger partial charge on any atom is 1.00 e. The fourth-order valence-electron chi connectivity index (χ4n) is 2.32. The number of nitrogens with one attached hydrogen (secondary N) is 1. The van der Waals surface area contributed by atoms with Crippen molar-refractivity contribution in [2.24, 2.45) is 11.5 Å². The number of hydrogen-bond donors (Lipinski definition) is 3. The number of carbonyl (C=O) groups excluding carboxylic acids is 2. The van der Waals surface area contributed by atoms with Gasteiger partial charge in [-0.1, -0.05) is 19.3 Å². The number of amides is 2. The zero-order valence-corrected chi connectivity index (χ0v) is 21.8. The summed E-state index contributed by atoms with van der Waals surface area (Å²) in [7, 11) is 0.137. The normalized spacial score (nSPS) is 11.2. The summed E-state index contributed by atoms with van der Waals surface area (Å²) >= 11 is 4.86. The molecule has 1 atom stereocenters. The number of hydrogen-bond acceptors (Lipinski definition) is 5. The largest absolute Gasteiger partial charge is 1.00 e.